The Kier molecular flexibility index (Phi) is 6.17. The minimum Gasteiger partial charge on any atom is -0.340 e. The predicted octanol–water partition coefficient (Wildman–Crippen LogP) is 5.45. The third-order valence-electron chi connectivity index (χ3n) is 5.77. The minimum absolute atomic E-state index is 0.152. The third-order valence-corrected chi connectivity index (χ3v) is 5.77. The van der Waals surface area contributed by atoms with Crippen molar-refractivity contribution in [3.63, 3.8) is 0 Å². The molecule has 1 N–H and O–H groups in total. The van der Waals surface area contributed by atoms with Crippen LogP contribution in [-0.2, 0) is 17.8 Å². The molecule has 0 aliphatic rings. The highest BCUT2D eigenvalue weighted by atomic mass is 19.1. The smallest absolute Gasteiger partial charge is 0.244 e. The fourth-order valence-electron chi connectivity index (χ4n) is 4.02. The predicted molar refractivity (Wildman–Crippen MR) is 128 cm³/mol. The number of carbonyl (C=O) groups is 1. The topological polar surface area (TPSA) is 46.4 Å². The molecule has 32 heavy (non-hydrogen) atoms. The van der Waals surface area contributed by atoms with Crippen molar-refractivity contribution >= 4 is 23.0 Å². The fourth-order valence-corrected chi connectivity index (χ4v) is 4.02. The molecule has 1 aromatic heterocycles. The van der Waals surface area contributed by atoms with Crippen molar-refractivity contribution < 1.29 is 9.18 Å². The molecule has 3 aromatic carbocycles. The Labute approximate surface area is 187 Å². The lowest BCUT2D eigenvalue weighted by Crippen LogP contribution is -2.20. The molecule has 0 radical (unpaired) electrons. The number of benzene rings is 3. The molecule has 1 amide bonds. The zero-order valence-corrected chi connectivity index (χ0v) is 18.5. The number of hydrogen-bond donors (Lipinski definition) is 1. The van der Waals surface area contributed by atoms with Crippen molar-refractivity contribution in [2.24, 2.45) is 5.10 Å². The Morgan fingerprint density at radius 2 is 1.78 bits per heavy atom. The highest BCUT2D eigenvalue weighted by Gasteiger charge is 2.13. The number of halogens is 1. The zero-order chi connectivity index (χ0) is 22.7. The fraction of sp³-hybridized carbons (Fsp3) is 0.185. The van der Waals surface area contributed by atoms with E-state index in [-0.39, 0.29) is 18.1 Å². The number of nitrogens with zero attached hydrogens (tertiary/aromatic N) is 2. The van der Waals surface area contributed by atoms with Gasteiger partial charge in [0.05, 0.1) is 12.6 Å². The molecule has 0 bridgehead atoms. The summed E-state index contributed by atoms with van der Waals surface area (Å²) in [6.07, 6.45) is 1.99. The molecule has 5 heteroatoms. The van der Waals surface area contributed by atoms with Gasteiger partial charge < -0.3 is 4.57 Å². The molecule has 0 saturated heterocycles. The number of aryl methyl sites for hydroxylation is 2. The highest BCUT2D eigenvalue weighted by Crippen LogP contribution is 2.25. The summed E-state index contributed by atoms with van der Waals surface area (Å²) in [5.74, 6) is -0.395. The lowest BCUT2D eigenvalue weighted by atomic mass is 10.0. The van der Waals surface area contributed by atoms with Crippen LogP contribution < -0.4 is 5.43 Å². The van der Waals surface area contributed by atoms with E-state index >= 15 is 0 Å². The quantitative estimate of drug-likeness (QED) is 0.323. The Bertz CT molecular complexity index is 1300. The number of nitrogens with one attached hydrogen (secondary N) is 1. The Morgan fingerprint density at radius 3 is 2.53 bits per heavy atom. The van der Waals surface area contributed by atoms with E-state index in [0.717, 1.165) is 38.9 Å². The maximum atomic E-state index is 13.3. The second-order valence-corrected chi connectivity index (χ2v) is 8.13. The zero-order valence-electron chi connectivity index (χ0n) is 18.5. The molecule has 162 valence electrons. The maximum absolute atomic E-state index is 13.3. The first-order valence-electron chi connectivity index (χ1n) is 10.6. The summed E-state index contributed by atoms with van der Waals surface area (Å²) < 4.78 is 15.5. The number of aromatic nitrogens is 1. The van der Waals surface area contributed by atoms with Gasteiger partial charge in [-0.2, -0.15) is 5.10 Å². The first kappa shape index (κ1) is 21.5. The number of amides is 1. The summed E-state index contributed by atoms with van der Waals surface area (Å²) in [4.78, 5) is 12.4. The van der Waals surface area contributed by atoms with E-state index in [1.54, 1.807) is 18.3 Å². The van der Waals surface area contributed by atoms with E-state index in [4.69, 9.17) is 0 Å². The van der Waals surface area contributed by atoms with Gasteiger partial charge >= 0.3 is 0 Å². The van der Waals surface area contributed by atoms with Gasteiger partial charge in [-0.05, 0) is 55.7 Å². The molecule has 0 aliphatic carbocycles. The molecule has 1 heterocycles. The van der Waals surface area contributed by atoms with Crippen LogP contribution in [0.1, 0.15) is 33.5 Å². The average Bonchev–Trinajstić information content (AvgIpc) is 3.03. The molecular formula is C27H26FN3O. The Balaban J connectivity index is 1.55. The second-order valence-electron chi connectivity index (χ2n) is 8.13. The highest BCUT2D eigenvalue weighted by molar-refractivity contribution is 6.01. The van der Waals surface area contributed by atoms with Crippen molar-refractivity contribution in [2.45, 2.75) is 33.7 Å². The molecule has 0 atom stereocenters. The number of hydrogen-bond acceptors (Lipinski definition) is 2. The first-order valence-corrected chi connectivity index (χ1v) is 10.6. The van der Waals surface area contributed by atoms with Gasteiger partial charge in [0, 0.05) is 28.7 Å². The molecule has 4 rings (SSSR count). The molecular weight excluding hydrogens is 401 g/mol. The SMILES string of the molecule is Cc1ccc(CC(=O)N/N=C/c2c(C)n(Cc3ccc(F)cc3)c3ccccc23)c(C)c1. The van der Waals surface area contributed by atoms with E-state index in [1.165, 1.54) is 17.7 Å². The summed E-state index contributed by atoms with van der Waals surface area (Å²) >= 11 is 0. The lowest BCUT2D eigenvalue weighted by molar-refractivity contribution is -0.120. The molecule has 0 unspecified atom stereocenters. The number of carbonyl (C=O) groups excluding carboxylic acids is 1. The lowest BCUT2D eigenvalue weighted by Gasteiger charge is -2.09. The van der Waals surface area contributed by atoms with Crippen LogP contribution in [0.15, 0.2) is 71.8 Å². The van der Waals surface area contributed by atoms with Gasteiger partial charge in [0.1, 0.15) is 5.82 Å². The van der Waals surface area contributed by atoms with Gasteiger partial charge in [-0.1, -0.05) is 54.1 Å². The van der Waals surface area contributed by atoms with Crippen LogP contribution in [0.4, 0.5) is 4.39 Å². The van der Waals surface area contributed by atoms with E-state index in [9.17, 15) is 9.18 Å². The Hall–Kier alpha value is -3.73. The van der Waals surface area contributed by atoms with Gasteiger partial charge in [0.15, 0.2) is 0 Å². The third kappa shape index (κ3) is 4.62. The van der Waals surface area contributed by atoms with Crippen LogP contribution in [0.5, 0.6) is 0 Å². The van der Waals surface area contributed by atoms with E-state index in [1.807, 2.05) is 51.1 Å². The van der Waals surface area contributed by atoms with Crippen LogP contribution in [0.25, 0.3) is 10.9 Å². The van der Waals surface area contributed by atoms with Crippen molar-refractivity contribution in [1.29, 1.82) is 0 Å². The van der Waals surface area contributed by atoms with Gasteiger partial charge in [-0.3, -0.25) is 4.79 Å². The molecule has 0 aliphatic heterocycles. The van der Waals surface area contributed by atoms with Crippen LogP contribution in [0.3, 0.4) is 0 Å². The van der Waals surface area contributed by atoms with E-state index < -0.39 is 0 Å². The molecule has 0 fully saturated rings. The van der Waals surface area contributed by atoms with Crippen molar-refractivity contribution in [1.82, 2.24) is 9.99 Å². The van der Waals surface area contributed by atoms with E-state index in [2.05, 4.69) is 27.2 Å². The number of hydrazone groups is 1. The monoisotopic (exact) mass is 427 g/mol. The van der Waals surface area contributed by atoms with E-state index in [0.29, 0.717) is 6.54 Å². The van der Waals surface area contributed by atoms with Crippen molar-refractivity contribution in [3.8, 4) is 0 Å². The summed E-state index contributed by atoms with van der Waals surface area (Å²) in [6.45, 7) is 6.70. The van der Waals surface area contributed by atoms with Crippen LogP contribution in [0, 0.1) is 26.6 Å². The van der Waals surface area contributed by atoms with Crippen LogP contribution in [0.2, 0.25) is 0 Å². The minimum atomic E-state index is -0.243. The summed E-state index contributed by atoms with van der Waals surface area (Å²) in [5.41, 5.74) is 10.00. The van der Waals surface area contributed by atoms with Crippen LogP contribution in [-0.4, -0.2) is 16.7 Å². The average molecular weight is 428 g/mol. The normalized spacial score (nSPS) is 11.4. The van der Waals surface area contributed by atoms with Crippen molar-refractivity contribution in [2.75, 3.05) is 0 Å². The molecule has 0 spiro atoms. The Morgan fingerprint density at radius 1 is 1.03 bits per heavy atom. The summed E-state index contributed by atoms with van der Waals surface area (Å²) in [6, 6.07) is 20.7. The van der Waals surface area contributed by atoms with Crippen molar-refractivity contribution in [3.05, 3.63) is 106 Å². The molecule has 0 saturated carbocycles. The standard InChI is InChI=1S/C27H26FN3O/c1-18-8-11-22(19(2)14-18)15-27(32)30-29-16-25-20(3)31(26-7-5-4-6-24(25)26)17-21-9-12-23(28)13-10-21/h4-14,16H,15,17H2,1-3H3,(H,30,32)/b29-16+. The number of rotatable bonds is 6. The first-order chi connectivity index (χ1) is 15.4. The maximum Gasteiger partial charge on any atom is 0.244 e. The van der Waals surface area contributed by atoms with Gasteiger partial charge in [0.25, 0.3) is 0 Å². The molecule has 4 nitrogen and oxygen atoms in total. The second kappa shape index (κ2) is 9.18. The summed E-state index contributed by atoms with van der Waals surface area (Å²) in [5, 5.41) is 5.30. The molecule has 4 aromatic rings. The number of fused-ring (bicyclic) bond motifs is 1. The van der Waals surface area contributed by atoms with Gasteiger partial charge in [-0.25, -0.2) is 9.82 Å². The van der Waals surface area contributed by atoms with Gasteiger partial charge in [0.2, 0.25) is 5.91 Å². The van der Waals surface area contributed by atoms with Gasteiger partial charge in [-0.15, -0.1) is 0 Å². The largest absolute Gasteiger partial charge is 0.340 e. The number of para-hydroxylation sites is 1. The summed E-state index contributed by atoms with van der Waals surface area (Å²) in [7, 11) is 0. The van der Waals surface area contributed by atoms with Crippen LogP contribution >= 0.6 is 0 Å².